The number of aromatic nitrogens is 3. The van der Waals surface area contributed by atoms with Crippen LogP contribution >= 0.6 is 22.7 Å². The van der Waals surface area contributed by atoms with Gasteiger partial charge in [0.2, 0.25) is 0 Å². The minimum absolute atomic E-state index is 0.136. The van der Waals surface area contributed by atoms with Gasteiger partial charge in [0.05, 0.1) is 15.6 Å². The van der Waals surface area contributed by atoms with Gasteiger partial charge in [0.15, 0.2) is 4.96 Å². The smallest absolute Gasteiger partial charge is 0.274 e. The lowest BCUT2D eigenvalue weighted by molar-refractivity contribution is 0.0731. The normalized spacial score (nSPS) is 13.4. The number of imidazole rings is 1. The van der Waals surface area contributed by atoms with Gasteiger partial charge < -0.3 is 10.2 Å². The number of thiazole rings is 2. The highest BCUT2D eigenvalue weighted by Gasteiger charge is 2.35. The topological polar surface area (TPSA) is 79.6 Å². The molecule has 0 saturated heterocycles. The summed E-state index contributed by atoms with van der Waals surface area (Å²) in [5.41, 5.74) is 2.17. The number of rotatable bonds is 7. The SMILES string of the molecule is Cc1nc(C(=O)N(CCNC(=O)c2c(C)nc3sccn23)C2CC2)c(-c2cccc(F)c2)s1. The minimum Gasteiger partial charge on any atom is -0.349 e. The number of nitrogens with zero attached hydrogens (tertiary/aromatic N) is 4. The highest BCUT2D eigenvalue weighted by atomic mass is 32.1. The standard InChI is InChI=1S/C23H22FN5O2S2/c1-13-19(29-10-11-32-23(29)26-13)21(30)25-8-9-28(17-6-7-17)22(31)18-20(33-14(2)27-18)15-4-3-5-16(24)12-15/h3-5,10-12,17H,6-9H2,1-2H3,(H,25,30). The van der Waals surface area contributed by atoms with E-state index in [9.17, 15) is 14.0 Å². The fourth-order valence-corrected chi connectivity index (χ4v) is 5.58. The summed E-state index contributed by atoms with van der Waals surface area (Å²) >= 11 is 2.85. The lowest BCUT2D eigenvalue weighted by Crippen LogP contribution is -2.40. The van der Waals surface area contributed by atoms with Crippen LogP contribution in [0.5, 0.6) is 0 Å². The predicted octanol–water partition coefficient (Wildman–Crippen LogP) is 4.31. The van der Waals surface area contributed by atoms with Crippen molar-refractivity contribution in [3.8, 4) is 10.4 Å². The molecule has 5 rings (SSSR count). The van der Waals surface area contributed by atoms with E-state index in [2.05, 4.69) is 15.3 Å². The number of carbonyl (C=O) groups is 2. The molecular weight excluding hydrogens is 461 g/mol. The third-order valence-corrected chi connectivity index (χ3v) is 7.34. The summed E-state index contributed by atoms with van der Waals surface area (Å²) in [5.74, 6) is -0.753. The molecule has 2 amide bonds. The quantitative estimate of drug-likeness (QED) is 0.425. The molecule has 1 fully saturated rings. The molecule has 7 nitrogen and oxygen atoms in total. The molecule has 1 aliphatic rings. The molecule has 170 valence electrons. The molecule has 3 aromatic heterocycles. The predicted molar refractivity (Wildman–Crippen MR) is 126 cm³/mol. The van der Waals surface area contributed by atoms with Gasteiger partial charge in [-0.15, -0.1) is 22.7 Å². The molecule has 0 unspecified atom stereocenters. The minimum atomic E-state index is -0.353. The molecule has 1 N–H and O–H groups in total. The number of benzene rings is 1. The molecule has 1 aliphatic carbocycles. The Balaban J connectivity index is 1.32. The number of nitrogens with one attached hydrogen (secondary N) is 1. The molecular formula is C23H22FN5O2S2. The van der Waals surface area contributed by atoms with Crippen molar-refractivity contribution in [1.29, 1.82) is 0 Å². The zero-order chi connectivity index (χ0) is 23.1. The van der Waals surface area contributed by atoms with Crippen molar-refractivity contribution in [2.45, 2.75) is 32.7 Å². The molecule has 10 heteroatoms. The molecule has 4 aromatic rings. The third kappa shape index (κ3) is 4.28. The second-order valence-electron chi connectivity index (χ2n) is 8.01. The summed E-state index contributed by atoms with van der Waals surface area (Å²) in [5, 5.41) is 5.56. The van der Waals surface area contributed by atoms with Gasteiger partial charge in [-0.2, -0.15) is 0 Å². The van der Waals surface area contributed by atoms with Crippen molar-refractivity contribution in [2.24, 2.45) is 0 Å². The van der Waals surface area contributed by atoms with Crippen LogP contribution in [-0.2, 0) is 0 Å². The van der Waals surface area contributed by atoms with E-state index in [4.69, 9.17) is 0 Å². The Labute approximate surface area is 197 Å². The Morgan fingerprint density at radius 3 is 2.85 bits per heavy atom. The Kier molecular flexibility index (Phi) is 5.71. The van der Waals surface area contributed by atoms with Crippen molar-refractivity contribution in [3.05, 3.63) is 63.7 Å². The average Bonchev–Trinajstić information content (AvgIpc) is 3.26. The Hall–Kier alpha value is -3.11. The lowest BCUT2D eigenvalue weighted by Gasteiger charge is -2.22. The van der Waals surface area contributed by atoms with Gasteiger partial charge in [-0.3, -0.25) is 14.0 Å². The zero-order valence-corrected chi connectivity index (χ0v) is 19.8. The van der Waals surface area contributed by atoms with E-state index >= 15 is 0 Å². The number of hydrogen-bond acceptors (Lipinski definition) is 6. The van der Waals surface area contributed by atoms with Gasteiger partial charge in [0.25, 0.3) is 11.8 Å². The first-order chi connectivity index (χ1) is 15.9. The first kappa shape index (κ1) is 21.7. The first-order valence-electron chi connectivity index (χ1n) is 10.7. The summed E-state index contributed by atoms with van der Waals surface area (Å²) in [6, 6.07) is 6.35. The van der Waals surface area contributed by atoms with Gasteiger partial charge >= 0.3 is 0 Å². The largest absolute Gasteiger partial charge is 0.349 e. The zero-order valence-electron chi connectivity index (χ0n) is 18.2. The summed E-state index contributed by atoms with van der Waals surface area (Å²) < 4.78 is 15.6. The van der Waals surface area contributed by atoms with Crippen LogP contribution in [0.2, 0.25) is 0 Å². The van der Waals surface area contributed by atoms with E-state index in [0.29, 0.717) is 40.6 Å². The van der Waals surface area contributed by atoms with Crippen molar-refractivity contribution in [1.82, 2.24) is 24.6 Å². The number of carbonyl (C=O) groups excluding carboxylic acids is 2. The number of aryl methyl sites for hydroxylation is 2. The molecule has 0 atom stereocenters. The fraction of sp³-hybridized carbons (Fsp3) is 0.304. The van der Waals surface area contributed by atoms with Crippen LogP contribution in [0.25, 0.3) is 15.4 Å². The number of halogens is 1. The van der Waals surface area contributed by atoms with E-state index < -0.39 is 0 Å². The first-order valence-corrected chi connectivity index (χ1v) is 12.4. The average molecular weight is 484 g/mol. The van der Waals surface area contributed by atoms with Crippen LogP contribution < -0.4 is 5.32 Å². The van der Waals surface area contributed by atoms with Crippen molar-refractivity contribution in [3.63, 3.8) is 0 Å². The van der Waals surface area contributed by atoms with Crippen LogP contribution in [0, 0.1) is 19.7 Å². The van der Waals surface area contributed by atoms with Crippen molar-refractivity contribution >= 4 is 39.4 Å². The fourth-order valence-electron chi connectivity index (χ4n) is 3.91. The van der Waals surface area contributed by atoms with Crippen LogP contribution in [0.3, 0.4) is 0 Å². The second-order valence-corrected chi connectivity index (χ2v) is 10.1. The second kappa shape index (κ2) is 8.68. The van der Waals surface area contributed by atoms with Crippen LogP contribution in [0.4, 0.5) is 4.39 Å². The Morgan fingerprint density at radius 2 is 2.09 bits per heavy atom. The van der Waals surface area contributed by atoms with Gasteiger partial charge in [-0.25, -0.2) is 14.4 Å². The van der Waals surface area contributed by atoms with Crippen molar-refractivity contribution < 1.29 is 14.0 Å². The molecule has 0 spiro atoms. The highest BCUT2D eigenvalue weighted by Crippen LogP contribution is 2.34. The number of hydrogen-bond donors (Lipinski definition) is 1. The van der Waals surface area contributed by atoms with E-state index in [0.717, 1.165) is 22.8 Å². The molecule has 0 bridgehead atoms. The van der Waals surface area contributed by atoms with Crippen LogP contribution in [0.15, 0.2) is 35.8 Å². The highest BCUT2D eigenvalue weighted by molar-refractivity contribution is 7.15. The van der Waals surface area contributed by atoms with Gasteiger partial charge in [-0.1, -0.05) is 12.1 Å². The van der Waals surface area contributed by atoms with Crippen LogP contribution in [-0.4, -0.2) is 50.2 Å². The molecule has 3 heterocycles. The van der Waals surface area contributed by atoms with Gasteiger partial charge in [-0.05, 0) is 44.4 Å². The number of amides is 2. The van der Waals surface area contributed by atoms with E-state index in [-0.39, 0.29) is 23.7 Å². The van der Waals surface area contributed by atoms with Gasteiger partial charge in [0.1, 0.15) is 17.2 Å². The Morgan fingerprint density at radius 1 is 1.27 bits per heavy atom. The third-order valence-electron chi connectivity index (χ3n) is 5.56. The summed E-state index contributed by atoms with van der Waals surface area (Å²) in [6.07, 6.45) is 3.68. The lowest BCUT2D eigenvalue weighted by atomic mass is 10.1. The van der Waals surface area contributed by atoms with Crippen LogP contribution in [0.1, 0.15) is 44.5 Å². The maximum absolute atomic E-state index is 13.8. The summed E-state index contributed by atoms with van der Waals surface area (Å²) in [7, 11) is 0. The van der Waals surface area contributed by atoms with E-state index in [1.165, 1.54) is 34.8 Å². The number of fused-ring (bicyclic) bond motifs is 1. The van der Waals surface area contributed by atoms with E-state index in [1.54, 1.807) is 21.4 Å². The Bertz CT molecular complexity index is 1350. The molecule has 0 aliphatic heterocycles. The molecule has 1 saturated carbocycles. The maximum atomic E-state index is 13.8. The van der Waals surface area contributed by atoms with Gasteiger partial charge in [0, 0.05) is 30.7 Å². The summed E-state index contributed by atoms with van der Waals surface area (Å²) in [4.78, 5) is 38.4. The van der Waals surface area contributed by atoms with Crippen molar-refractivity contribution in [2.75, 3.05) is 13.1 Å². The van der Waals surface area contributed by atoms with E-state index in [1.807, 2.05) is 25.4 Å². The molecule has 1 aromatic carbocycles. The maximum Gasteiger partial charge on any atom is 0.274 e. The molecule has 33 heavy (non-hydrogen) atoms. The monoisotopic (exact) mass is 483 g/mol. The molecule has 0 radical (unpaired) electrons. The summed E-state index contributed by atoms with van der Waals surface area (Å²) in [6.45, 7) is 4.34.